The molecule has 45 heavy (non-hydrogen) atoms. The number of fused-ring (bicyclic) bond motifs is 3. The van der Waals surface area contributed by atoms with Gasteiger partial charge in [-0.2, -0.15) is 5.26 Å². The second-order valence-corrected chi connectivity index (χ2v) is 10.8. The van der Waals surface area contributed by atoms with Crippen LogP contribution in [0.4, 0.5) is 0 Å². The van der Waals surface area contributed by atoms with E-state index in [2.05, 4.69) is 41.0 Å². The lowest BCUT2D eigenvalue weighted by Crippen LogP contribution is -2.04. The number of hydrogen-bond acceptors (Lipinski definition) is 4. The van der Waals surface area contributed by atoms with E-state index in [0.29, 0.717) is 17.2 Å². The van der Waals surface area contributed by atoms with Crippen molar-refractivity contribution in [3.63, 3.8) is 0 Å². The summed E-state index contributed by atoms with van der Waals surface area (Å²) in [6.07, 6.45) is 0. The molecule has 0 saturated heterocycles. The number of nitriles is 1. The van der Waals surface area contributed by atoms with E-state index in [1.807, 2.05) is 121 Å². The van der Waals surface area contributed by atoms with E-state index < -0.39 is 0 Å². The topological polar surface area (TPSA) is 67.4 Å². The fraction of sp³-hybridized carbons (Fsp3) is 0. The van der Waals surface area contributed by atoms with Gasteiger partial charge in [0, 0.05) is 22.1 Å². The Hall–Kier alpha value is -6.38. The molecule has 0 saturated carbocycles. The van der Waals surface area contributed by atoms with E-state index in [-0.39, 0.29) is 0 Å². The third kappa shape index (κ3) is 4.71. The summed E-state index contributed by atoms with van der Waals surface area (Å²) in [7, 11) is 0. The molecule has 0 atom stereocenters. The van der Waals surface area contributed by atoms with Gasteiger partial charge in [-0.25, -0.2) is 15.0 Å². The molecule has 8 aromatic rings. The zero-order valence-corrected chi connectivity index (χ0v) is 24.2. The lowest BCUT2D eigenvalue weighted by atomic mass is 9.97. The average Bonchev–Trinajstić information content (AvgIpc) is 3.46. The van der Waals surface area contributed by atoms with Crippen LogP contribution in [0.5, 0.6) is 0 Å². The molecule has 0 fully saturated rings. The van der Waals surface area contributed by atoms with Crippen LogP contribution in [-0.4, -0.2) is 19.5 Å². The summed E-state index contributed by atoms with van der Waals surface area (Å²) >= 11 is 0. The average molecular weight is 576 g/mol. The van der Waals surface area contributed by atoms with Gasteiger partial charge in [-0.1, -0.05) is 121 Å². The van der Waals surface area contributed by atoms with Crippen LogP contribution in [-0.2, 0) is 0 Å². The first kappa shape index (κ1) is 26.3. The van der Waals surface area contributed by atoms with Gasteiger partial charge >= 0.3 is 0 Å². The highest BCUT2D eigenvalue weighted by Gasteiger charge is 2.19. The van der Waals surface area contributed by atoms with Gasteiger partial charge < -0.3 is 0 Å². The molecule has 0 aliphatic carbocycles. The number of para-hydroxylation sites is 1. The molecule has 0 aliphatic rings. The van der Waals surface area contributed by atoms with Gasteiger partial charge in [0.1, 0.15) is 0 Å². The van der Waals surface area contributed by atoms with Crippen molar-refractivity contribution in [1.82, 2.24) is 19.5 Å². The summed E-state index contributed by atoms with van der Waals surface area (Å²) in [6, 6.07) is 53.1. The van der Waals surface area contributed by atoms with E-state index in [4.69, 9.17) is 15.0 Å². The zero-order chi connectivity index (χ0) is 30.2. The maximum absolute atomic E-state index is 10.3. The largest absolute Gasteiger partial charge is 0.276 e. The van der Waals surface area contributed by atoms with Gasteiger partial charge in [-0.05, 0) is 41.5 Å². The summed E-state index contributed by atoms with van der Waals surface area (Å²) < 4.78 is 2.08. The Morgan fingerprint density at radius 1 is 0.467 bits per heavy atom. The summed E-state index contributed by atoms with van der Waals surface area (Å²) in [5.74, 6) is 0.517. The van der Waals surface area contributed by atoms with Crippen LogP contribution >= 0.6 is 0 Å². The van der Waals surface area contributed by atoms with E-state index in [1.54, 1.807) is 0 Å². The zero-order valence-electron chi connectivity index (χ0n) is 24.2. The van der Waals surface area contributed by atoms with Crippen molar-refractivity contribution in [2.75, 3.05) is 0 Å². The van der Waals surface area contributed by atoms with Gasteiger partial charge in [0.05, 0.1) is 45.3 Å². The Morgan fingerprint density at radius 3 is 1.80 bits per heavy atom. The number of nitrogens with zero attached hydrogens (tertiary/aromatic N) is 5. The lowest BCUT2D eigenvalue weighted by molar-refractivity contribution is 0.994. The van der Waals surface area contributed by atoms with Crippen molar-refractivity contribution in [1.29, 1.82) is 5.26 Å². The molecule has 5 nitrogen and oxygen atoms in total. The molecule has 3 heterocycles. The molecule has 0 bridgehead atoms. The van der Waals surface area contributed by atoms with E-state index in [9.17, 15) is 5.26 Å². The van der Waals surface area contributed by atoms with Crippen molar-refractivity contribution >= 4 is 21.9 Å². The predicted molar refractivity (Wildman–Crippen MR) is 181 cm³/mol. The van der Waals surface area contributed by atoms with Gasteiger partial charge in [-0.3, -0.25) is 4.57 Å². The van der Waals surface area contributed by atoms with Crippen LogP contribution in [0.1, 0.15) is 5.56 Å². The normalized spacial score (nSPS) is 11.1. The van der Waals surface area contributed by atoms with Crippen LogP contribution in [0.3, 0.4) is 0 Å². The fourth-order valence-electron chi connectivity index (χ4n) is 5.91. The monoisotopic (exact) mass is 575 g/mol. The summed E-state index contributed by atoms with van der Waals surface area (Å²) in [4.78, 5) is 15.4. The molecule has 3 aromatic heterocycles. The molecule has 0 radical (unpaired) electrons. The standard InChI is InChI=1S/C40H25N5/c41-26-31-24-30(27-12-4-1-5-13-27)20-21-32(31)36-25-35(29-16-8-3-9-17-29)43-40(44-36)45-37-19-11-10-18-33(37)39-38(45)23-22-34(42-39)28-14-6-2-7-15-28/h1-25H. The first-order valence-corrected chi connectivity index (χ1v) is 14.8. The van der Waals surface area contributed by atoms with Gasteiger partial charge in [-0.15, -0.1) is 0 Å². The summed E-state index contributed by atoms with van der Waals surface area (Å²) in [5, 5.41) is 11.3. The van der Waals surface area contributed by atoms with Crippen LogP contribution in [0.25, 0.3) is 72.8 Å². The van der Waals surface area contributed by atoms with Crippen LogP contribution in [0.15, 0.2) is 152 Å². The number of pyridine rings is 1. The van der Waals surface area contributed by atoms with E-state index in [1.165, 1.54) is 0 Å². The molecule has 0 spiro atoms. The third-order valence-electron chi connectivity index (χ3n) is 8.09. The molecule has 0 unspecified atom stereocenters. The number of rotatable bonds is 5. The van der Waals surface area contributed by atoms with E-state index >= 15 is 0 Å². The molecule has 210 valence electrons. The summed E-state index contributed by atoms with van der Waals surface area (Å²) in [6.45, 7) is 0. The summed E-state index contributed by atoms with van der Waals surface area (Å²) in [5.41, 5.74) is 10.5. The van der Waals surface area contributed by atoms with Crippen molar-refractivity contribution < 1.29 is 0 Å². The number of hydrogen-bond donors (Lipinski definition) is 0. The van der Waals surface area contributed by atoms with Gasteiger partial charge in [0.15, 0.2) is 0 Å². The van der Waals surface area contributed by atoms with Crippen LogP contribution < -0.4 is 0 Å². The number of aromatic nitrogens is 4. The Kier molecular flexibility index (Phi) is 6.44. The minimum absolute atomic E-state index is 0.517. The molecule has 0 N–H and O–H groups in total. The first-order chi connectivity index (χ1) is 22.3. The molecule has 0 amide bonds. The minimum atomic E-state index is 0.517. The van der Waals surface area contributed by atoms with Crippen molar-refractivity contribution in [2.45, 2.75) is 0 Å². The Morgan fingerprint density at radius 2 is 1.09 bits per heavy atom. The van der Waals surface area contributed by atoms with Crippen molar-refractivity contribution in [3.8, 4) is 56.9 Å². The third-order valence-corrected chi connectivity index (χ3v) is 8.09. The Labute approximate surface area is 260 Å². The molecule has 8 rings (SSSR count). The Bertz CT molecular complexity index is 2370. The van der Waals surface area contributed by atoms with Crippen LogP contribution in [0.2, 0.25) is 0 Å². The highest BCUT2D eigenvalue weighted by molar-refractivity contribution is 6.07. The maximum atomic E-state index is 10.3. The second-order valence-electron chi connectivity index (χ2n) is 10.8. The van der Waals surface area contributed by atoms with Crippen molar-refractivity contribution in [3.05, 3.63) is 157 Å². The van der Waals surface area contributed by atoms with E-state index in [0.717, 1.165) is 61.1 Å². The smallest absolute Gasteiger partial charge is 0.235 e. The fourth-order valence-corrected chi connectivity index (χ4v) is 5.91. The highest BCUT2D eigenvalue weighted by atomic mass is 15.2. The minimum Gasteiger partial charge on any atom is -0.276 e. The predicted octanol–water partition coefficient (Wildman–Crippen LogP) is 9.51. The molecular weight excluding hydrogens is 550 g/mol. The quantitative estimate of drug-likeness (QED) is 0.205. The lowest BCUT2D eigenvalue weighted by Gasteiger charge is -2.13. The first-order valence-electron chi connectivity index (χ1n) is 14.8. The second kappa shape index (κ2) is 11.0. The molecule has 5 aromatic carbocycles. The van der Waals surface area contributed by atoms with Crippen LogP contribution in [0, 0.1) is 11.3 Å². The number of benzene rings is 5. The molecule has 5 heteroatoms. The Balaban J connectivity index is 1.37. The molecular formula is C40H25N5. The SMILES string of the molecule is N#Cc1cc(-c2ccccc2)ccc1-c1cc(-c2ccccc2)nc(-n2c3ccccc3c3nc(-c4ccccc4)ccc32)n1. The van der Waals surface area contributed by atoms with Gasteiger partial charge in [0.25, 0.3) is 0 Å². The molecule has 0 aliphatic heterocycles. The highest BCUT2D eigenvalue weighted by Crippen LogP contribution is 2.35. The maximum Gasteiger partial charge on any atom is 0.235 e. The van der Waals surface area contributed by atoms with Gasteiger partial charge in [0.2, 0.25) is 5.95 Å². The van der Waals surface area contributed by atoms with Crippen molar-refractivity contribution in [2.24, 2.45) is 0 Å².